The Hall–Kier alpha value is -3.18. The summed E-state index contributed by atoms with van der Waals surface area (Å²) in [7, 11) is 1.74. The lowest BCUT2D eigenvalue weighted by molar-refractivity contribution is 0.294. The van der Waals surface area contributed by atoms with E-state index in [0.29, 0.717) is 18.3 Å². The van der Waals surface area contributed by atoms with E-state index >= 15 is 0 Å². The Morgan fingerprint density at radius 3 is 2.48 bits per heavy atom. The maximum absolute atomic E-state index is 9.91. The van der Waals surface area contributed by atoms with Crippen molar-refractivity contribution in [2.45, 2.75) is 70.8 Å². The van der Waals surface area contributed by atoms with Crippen molar-refractivity contribution in [1.82, 2.24) is 5.32 Å². The predicted molar refractivity (Wildman–Crippen MR) is 164 cm³/mol. The third-order valence-electron chi connectivity index (χ3n) is 8.82. The summed E-state index contributed by atoms with van der Waals surface area (Å²) < 4.78 is 11.7. The summed E-state index contributed by atoms with van der Waals surface area (Å²) in [4.78, 5) is 2.45. The fourth-order valence-electron chi connectivity index (χ4n) is 6.49. The third-order valence-corrected chi connectivity index (χ3v) is 8.82. The van der Waals surface area contributed by atoms with Gasteiger partial charge in [-0.25, -0.2) is 0 Å². The first-order chi connectivity index (χ1) is 19.6. The van der Waals surface area contributed by atoms with Crippen LogP contribution in [0.4, 0.5) is 5.69 Å². The molecular weight excluding hydrogens is 496 g/mol. The molecule has 0 spiro atoms. The van der Waals surface area contributed by atoms with Crippen molar-refractivity contribution < 1.29 is 14.6 Å². The standard InChI is InChI=1S/C35H46N2O3/c1-3-37(25-27-9-15-32(16-10-27)40-20-19-36-24-26-7-5-4-6-8-26)35-23-33(39-2)17-18-34(35)30-12-11-29-22-31(38)14-13-28(29)21-30/h9-10,13-18,22-23,26,30,36,38H,3-8,11-12,19-21,24-25H2,1-2H3. The van der Waals surface area contributed by atoms with Crippen LogP contribution < -0.4 is 19.7 Å². The largest absolute Gasteiger partial charge is 0.508 e. The van der Waals surface area contributed by atoms with Crippen LogP contribution in [0.5, 0.6) is 17.2 Å². The molecule has 5 nitrogen and oxygen atoms in total. The highest BCUT2D eigenvalue weighted by molar-refractivity contribution is 5.60. The van der Waals surface area contributed by atoms with Gasteiger partial charge in [0.1, 0.15) is 23.9 Å². The lowest BCUT2D eigenvalue weighted by Crippen LogP contribution is -2.28. The Morgan fingerprint density at radius 2 is 1.70 bits per heavy atom. The van der Waals surface area contributed by atoms with Gasteiger partial charge < -0.3 is 24.8 Å². The van der Waals surface area contributed by atoms with E-state index in [9.17, 15) is 5.11 Å². The molecule has 1 atom stereocenters. The van der Waals surface area contributed by atoms with E-state index in [0.717, 1.165) is 62.9 Å². The second-order valence-corrected chi connectivity index (χ2v) is 11.5. The van der Waals surface area contributed by atoms with Gasteiger partial charge in [0.15, 0.2) is 0 Å². The molecule has 214 valence electrons. The van der Waals surface area contributed by atoms with Gasteiger partial charge in [0.05, 0.1) is 7.11 Å². The molecule has 40 heavy (non-hydrogen) atoms. The van der Waals surface area contributed by atoms with Gasteiger partial charge in [-0.05, 0) is 110 Å². The normalized spacial score (nSPS) is 17.3. The minimum absolute atomic E-state index is 0.363. The molecule has 2 N–H and O–H groups in total. The number of hydrogen-bond acceptors (Lipinski definition) is 5. The molecule has 0 bridgehead atoms. The highest BCUT2D eigenvalue weighted by Gasteiger charge is 2.25. The van der Waals surface area contributed by atoms with Crippen LogP contribution in [0.15, 0.2) is 60.7 Å². The van der Waals surface area contributed by atoms with Crippen LogP contribution in [0.25, 0.3) is 0 Å². The Morgan fingerprint density at radius 1 is 0.900 bits per heavy atom. The Kier molecular flexibility index (Phi) is 9.88. The number of nitrogens with zero attached hydrogens (tertiary/aromatic N) is 1. The fraction of sp³-hybridized carbons (Fsp3) is 0.486. The molecular formula is C35H46N2O3. The van der Waals surface area contributed by atoms with Crippen molar-refractivity contribution in [2.75, 3.05) is 38.3 Å². The lowest BCUT2D eigenvalue weighted by Gasteiger charge is -2.32. The maximum Gasteiger partial charge on any atom is 0.120 e. The van der Waals surface area contributed by atoms with Crippen LogP contribution in [0, 0.1) is 5.92 Å². The van der Waals surface area contributed by atoms with Gasteiger partial charge >= 0.3 is 0 Å². The quantitative estimate of drug-likeness (QED) is 0.236. The van der Waals surface area contributed by atoms with E-state index < -0.39 is 0 Å². The smallest absolute Gasteiger partial charge is 0.120 e. The average Bonchev–Trinajstić information content (AvgIpc) is 3.00. The van der Waals surface area contributed by atoms with Crippen molar-refractivity contribution in [2.24, 2.45) is 5.92 Å². The summed E-state index contributed by atoms with van der Waals surface area (Å²) in [5, 5.41) is 13.5. The lowest BCUT2D eigenvalue weighted by atomic mass is 9.79. The predicted octanol–water partition coefficient (Wildman–Crippen LogP) is 7.25. The summed E-state index contributed by atoms with van der Waals surface area (Å²) in [5.74, 6) is 3.47. The zero-order valence-corrected chi connectivity index (χ0v) is 24.3. The van der Waals surface area contributed by atoms with Gasteiger partial charge in [0, 0.05) is 31.4 Å². The van der Waals surface area contributed by atoms with Crippen LogP contribution in [0.2, 0.25) is 0 Å². The molecule has 1 saturated carbocycles. The van der Waals surface area contributed by atoms with Crippen molar-refractivity contribution in [3.8, 4) is 17.2 Å². The van der Waals surface area contributed by atoms with Gasteiger partial charge in [-0.2, -0.15) is 0 Å². The monoisotopic (exact) mass is 542 g/mol. The number of nitrogens with one attached hydrogen (secondary N) is 1. The van der Waals surface area contributed by atoms with E-state index in [2.05, 4.69) is 65.7 Å². The second kappa shape index (κ2) is 13.9. The number of phenolic OH excluding ortho intramolecular Hbond substituents is 1. The zero-order valence-electron chi connectivity index (χ0n) is 24.3. The molecule has 0 radical (unpaired) electrons. The highest BCUT2D eigenvalue weighted by atomic mass is 16.5. The minimum Gasteiger partial charge on any atom is -0.508 e. The molecule has 1 unspecified atom stereocenters. The molecule has 0 amide bonds. The molecule has 3 aromatic rings. The van der Waals surface area contributed by atoms with Crippen LogP contribution >= 0.6 is 0 Å². The molecule has 2 aliphatic carbocycles. The van der Waals surface area contributed by atoms with Crippen LogP contribution in [0.3, 0.4) is 0 Å². The summed E-state index contributed by atoms with van der Waals surface area (Å²) in [5.41, 5.74) is 6.52. The number of methoxy groups -OCH3 is 1. The molecule has 5 heteroatoms. The second-order valence-electron chi connectivity index (χ2n) is 11.5. The molecule has 3 aromatic carbocycles. The molecule has 0 saturated heterocycles. The van der Waals surface area contributed by atoms with Gasteiger partial charge in [-0.3, -0.25) is 0 Å². The molecule has 5 rings (SSSR count). The Bertz CT molecular complexity index is 1220. The molecule has 0 aromatic heterocycles. The minimum atomic E-state index is 0.363. The summed E-state index contributed by atoms with van der Waals surface area (Å²) >= 11 is 0. The maximum atomic E-state index is 9.91. The summed E-state index contributed by atoms with van der Waals surface area (Å²) in [6.45, 7) is 6.68. The van der Waals surface area contributed by atoms with Crippen LogP contribution in [-0.2, 0) is 19.4 Å². The average molecular weight is 543 g/mol. The van der Waals surface area contributed by atoms with E-state index in [-0.39, 0.29) is 0 Å². The SMILES string of the molecule is CCN(Cc1ccc(OCCNCC2CCCCC2)cc1)c1cc(OC)ccc1C1CCc2cc(O)ccc2C1. The van der Waals surface area contributed by atoms with Crippen molar-refractivity contribution in [3.05, 3.63) is 82.9 Å². The topological polar surface area (TPSA) is 54.0 Å². The van der Waals surface area contributed by atoms with E-state index in [1.54, 1.807) is 7.11 Å². The number of aryl methyl sites for hydroxylation is 1. The molecule has 0 aliphatic heterocycles. The van der Waals surface area contributed by atoms with Gasteiger partial charge in [-0.15, -0.1) is 0 Å². The number of fused-ring (bicyclic) bond motifs is 1. The fourth-order valence-corrected chi connectivity index (χ4v) is 6.49. The van der Waals surface area contributed by atoms with Gasteiger partial charge in [-0.1, -0.05) is 43.5 Å². The first-order valence-electron chi connectivity index (χ1n) is 15.3. The van der Waals surface area contributed by atoms with E-state index in [4.69, 9.17) is 9.47 Å². The highest BCUT2D eigenvalue weighted by Crippen LogP contribution is 2.40. The van der Waals surface area contributed by atoms with Gasteiger partial charge in [0.2, 0.25) is 0 Å². The van der Waals surface area contributed by atoms with E-state index in [1.807, 2.05) is 12.1 Å². The Labute approximate surface area is 240 Å². The number of phenols is 1. The van der Waals surface area contributed by atoms with Crippen LogP contribution in [0.1, 0.15) is 73.6 Å². The number of benzene rings is 3. The summed E-state index contributed by atoms with van der Waals surface area (Å²) in [6.07, 6.45) is 10.0. The number of ether oxygens (including phenoxy) is 2. The molecule has 0 heterocycles. The van der Waals surface area contributed by atoms with Crippen molar-refractivity contribution >= 4 is 5.69 Å². The molecule has 1 fully saturated rings. The Balaban J connectivity index is 1.20. The van der Waals surface area contributed by atoms with Gasteiger partial charge in [0.25, 0.3) is 0 Å². The van der Waals surface area contributed by atoms with Crippen LogP contribution in [-0.4, -0.2) is 38.5 Å². The van der Waals surface area contributed by atoms with Crippen molar-refractivity contribution in [1.29, 1.82) is 0 Å². The third kappa shape index (κ3) is 7.31. The first kappa shape index (κ1) is 28.4. The molecule has 2 aliphatic rings. The van der Waals surface area contributed by atoms with E-state index in [1.165, 1.54) is 60.0 Å². The number of rotatable bonds is 12. The first-order valence-corrected chi connectivity index (χ1v) is 15.3. The number of aromatic hydroxyl groups is 1. The van der Waals surface area contributed by atoms with Crippen molar-refractivity contribution in [3.63, 3.8) is 0 Å². The zero-order chi connectivity index (χ0) is 27.7. The number of hydrogen-bond donors (Lipinski definition) is 2. The summed E-state index contributed by atoms with van der Waals surface area (Å²) in [6, 6.07) is 21.0. The number of anilines is 1.